The lowest BCUT2D eigenvalue weighted by Gasteiger charge is -2.05. The molecule has 6 heteroatoms. The molecule has 1 amide bonds. The van der Waals surface area contributed by atoms with E-state index in [9.17, 15) is 14.7 Å². The molecule has 3 rings (SSSR count). The fourth-order valence-electron chi connectivity index (χ4n) is 2.09. The number of nitrogens with zero attached hydrogens (tertiary/aromatic N) is 1. The maximum atomic E-state index is 12.1. The zero-order valence-electron chi connectivity index (χ0n) is 13.8. The summed E-state index contributed by atoms with van der Waals surface area (Å²) in [7, 11) is 0. The van der Waals surface area contributed by atoms with Crippen molar-refractivity contribution >= 4 is 28.4 Å². The van der Waals surface area contributed by atoms with Gasteiger partial charge >= 0.3 is 0 Å². The van der Waals surface area contributed by atoms with Crippen LogP contribution in [0.5, 0.6) is 5.75 Å². The number of phenolic OH excluding ortho intramolecular Hbond substituents is 1. The summed E-state index contributed by atoms with van der Waals surface area (Å²) in [5.41, 5.74) is 2.02. The lowest BCUT2D eigenvalue weighted by molar-refractivity contribution is 0.101. The SMILES string of the molecule is CC.CC(=O)c1cc2cc(NC(=O)c3ccc(O)cc3)cnc2[nH]1. The summed E-state index contributed by atoms with van der Waals surface area (Å²) in [6.45, 7) is 5.47. The van der Waals surface area contributed by atoms with Crippen molar-refractivity contribution in [1.82, 2.24) is 9.97 Å². The summed E-state index contributed by atoms with van der Waals surface area (Å²) < 4.78 is 0. The number of aromatic nitrogens is 2. The van der Waals surface area contributed by atoms with E-state index in [1.54, 1.807) is 12.1 Å². The van der Waals surface area contributed by atoms with Crippen LogP contribution in [0.25, 0.3) is 11.0 Å². The van der Waals surface area contributed by atoms with Crippen LogP contribution in [0.15, 0.2) is 42.6 Å². The first-order valence-electron chi connectivity index (χ1n) is 7.63. The van der Waals surface area contributed by atoms with Gasteiger partial charge < -0.3 is 15.4 Å². The topological polar surface area (TPSA) is 95.1 Å². The summed E-state index contributed by atoms with van der Waals surface area (Å²) in [5, 5.41) is 12.7. The number of hydrogen-bond donors (Lipinski definition) is 3. The lowest BCUT2D eigenvalue weighted by Crippen LogP contribution is -2.11. The third-order valence-electron chi connectivity index (χ3n) is 3.24. The largest absolute Gasteiger partial charge is 0.508 e. The molecule has 24 heavy (non-hydrogen) atoms. The predicted octanol–water partition coefficient (Wildman–Crippen LogP) is 3.75. The number of fused-ring (bicyclic) bond motifs is 1. The van der Waals surface area contributed by atoms with Gasteiger partial charge in [0.25, 0.3) is 5.91 Å². The van der Waals surface area contributed by atoms with Gasteiger partial charge in [-0.2, -0.15) is 0 Å². The van der Waals surface area contributed by atoms with Gasteiger partial charge in [0.2, 0.25) is 0 Å². The molecule has 0 aliphatic rings. The van der Waals surface area contributed by atoms with Crippen LogP contribution in [0.2, 0.25) is 0 Å². The Bertz CT molecular complexity index is 867. The molecule has 3 aromatic rings. The molecule has 0 aliphatic carbocycles. The van der Waals surface area contributed by atoms with Gasteiger partial charge in [-0.1, -0.05) is 13.8 Å². The van der Waals surface area contributed by atoms with E-state index in [1.165, 1.54) is 37.4 Å². The number of hydrogen-bond acceptors (Lipinski definition) is 4. The monoisotopic (exact) mass is 325 g/mol. The number of pyridine rings is 1. The molecule has 0 unspecified atom stereocenters. The molecule has 6 nitrogen and oxygen atoms in total. The zero-order chi connectivity index (χ0) is 17.7. The van der Waals surface area contributed by atoms with Gasteiger partial charge in [0.15, 0.2) is 5.78 Å². The highest BCUT2D eigenvalue weighted by molar-refractivity contribution is 6.05. The van der Waals surface area contributed by atoms with Crippen molar-refractivity contribution in [1.29, 1.82) is 0 Å². The number of rotatable bonds is 3. The molecule has 0 aliphatic heterocycles. The van der Waals surface area contributed by atoms with Crippen molar-refractivity contribution in [3.63, 3.8) is 0 Å². The van der Waals surface area contributed by atoms with Gasteiger partial charge in [-0.15, -0.1) is 0 Å². The minimum absolute atomic E-state index is 0.0762. The maximum absolute atomic E-state index is 12.1. The molecule has 0 atom stereocenters. The summed E-state index contributed by atoms with van der Waals surface area (Å²) >= 11 is 0. The van der Waals surface area contributed by atoms with Gasteiger partial charge in [0.1, 0.15) is 11.4 Å². The van der Waals surface area contributed by atoms with Crippen molar-refractivity contribution in [3.05, 3.63) is 53.9 Å². The molecule has 2 heterocycles. The molecule has 0 spiro atoms. The van der Waals surface area contributed by atoms with Crippen LogP contribution in [-0.2, 0) is 0 Å². The van der Waals surface area contributed by atoms with Gasteiger partial charge in [0.05, 0.1) is 17.6 Å². The average molecular weight is 325 g/mol. The van der Waals surface area contributed by atoms with Gasteiger partial charge in [0, 0.05) is 17.9 Å². The number of phenols is 1. The van der Waals surface area contributed by atoms with Crippen LogP contribution in [0.4, 0.5) is 5.69 Å². The number of carbonyl (C=O) groups is 2. The number of amides is 1. The molecule has 2 aromatic heterocycles. The minimum Gasteiger partial charge on any atom is -0.508 e. The number of H-pyrrole nitrogens is 1. The van der Waals surface area contributed by atoms with Crippen LogP contribution in [-0.4, -0.2) is 26.8 Å². The molecule has 0 saturated heterocycles. The van der Waals surface area contributed by atoms with E-state index < -0.39 is 0 Å². The Balaban J connectivity index is 0.00000100. The van der Waals surface area contributed by atoms with Gasteiger partial charge in [-0.05, 0) is 36.4 Å². The second-order valence-corrected chi connectivity index (χ2v) is 4.90. The summed E-state index contributed by atoms with van der Waals surface area (Å²) in [6, 6.07) is 9.38. The Morgan fingerprint density at radius 1 is 1.12 bits per heavy atom. The van der Waals surface area contributed by atoms with E-state index in [4.69, 9.17) is 0 Å². The zero-order valence-corrected chi connectivity index (χ0v) is 13.8. The Labute approximate surface area is 139 Å². The second kappa shape index (κ2) is 7.41. The smallest absolute Gasteiger partial charge is 0.255 e. The first-order valence-corrected chi connectivity index (χ1v) is 7.63. The third-order valence-corrected chi connectivity index (χ3v) is 3.24. The predicted molar refractivity (Wildman–Crippen MR) is 93.5 cm³/mol. The Morgan fingerprint density at radius 2 is 1.79 bits per heavy atom. The highest BCUT2D eigenvalue weighted by Crippen LogP contribution is 2.19. The lowest BCUT2D eigenvalue weighted by atomic mass is 10.2. The van der Waals surface area contributed by atoms with E-state index in [0.29, 0.717) is 22.6 Å². The van der Waals surface area contributed by atoms with Crippen LogP contribution in [0.3, 0.4) is 0 Å². The molecular formula is C18H19N3O3. The Kier molecular flexibility index (Phi) is 5.31. The summed E-state index contributed by atoms with van der Waals surface area (Å²) in [6.07, 6.45) is 1.51. The molecular weight excluding hydrogens is 306 g/mol. The molecule has 0 saturated carbocycles. The van der Waals surface area contributed by atoms with E-state index in [1.807, 2.05) is 13.8 Å². The molecule has 3 N–H and O–H groups in total. The number of aromatic amines is 1. The summed E-state index contributed by atoms with van der Waals surface area (Å²) in [4.78, 5) is 30.5. The Hall–Kier alpha value is -3.15. The standard InChI is InChI=1S/C16H13N3O3.C2H6/c1-9(20)14-7-11-6-12(8-17-15(11)19-14)18-16(22)10-2-4-13(21)5-3-10;1-2/h2-8,21H,1H3,(H,17,19)(H,18,22);1-2H3. The highest BCUT2D eigenvalue weighted by Gasteiger charge is 2.09. The maximum Gasteiger partial charge on any atom is 0.255 e. The first-order chi connectivity index (χ1) is 11.5. The van der Waals surface area contributed by atoms with E-state index in [2.05, 4.69) is 15.3 Å². The number of anilines is 1. The number of nitrogens with one attached hydrogen (secondary N) is 2. The van der Waals surface area contributed by atoms with Crippen LogP contribution >= 0.6 is 0 Å². The van der Waals surface area contributed by atoms with Crippen LogP contribution in [0.1, 0.15) is 41.6 Å². The van der Waals surface area contributed by atoms with Gasteiger partial charge in [-0.3, -0.25) is 9.59 Å². The summed E-state index contributed by atoms with van der Waals surface area (Å²) in [5.74, 6) is -0.278. The molecule has 0 bridgehead atoms. The van der Waals surface area contributed by atoms with Crippen molar-refractivity contribution in [2.75, 3.05) is 5.32 Å². The van der Waals surface area contributed by atoms with E-state index in [0.717, 1.165) is 5.39 Å². The van der Waals surface area contributed by atoms with E-state index in [-0.39, 0.29) is 17.4 Å². The fourth-order valence-corrected chi connectivity index (χ4v) is 2.09. The van der Waals surface area contributed by atoms with Crippen molar-refractivity contribution < 1.29 is 14.7 Å². The van der Waals surface area contributed by atoms with E-state index >= 15 is 0 Å². The minimum atomic E-state index is -0.302. The highest BCUT2D eigenvalue weighted by atomic mass is 16.3. The first kappa shape index (κ1) is 17.2. The van der Waals surface area contributed by atoms with Crippen molar-refractivity contribution in [2.45, 2.75) is 20.8 Å². The molecule has 1 aromatic carbocycles. The van der Waals surface area contributed by atoms with Crippen LogP contribution < -0.4 is 5.32 Å². The van der Waals surface area contributed by atoms with Gasteiger partial charge in [-0.25, -0.2) is 4.98 Å². The number of carbonyl (C=O) groups excluding carboxylic acids is 2. The molecule has 124 valence electrons. The second-order valence-electron chi connectivity index (χ2n) is 4.90. The Morgan fingerprint density at radius 3 is 2.42 bits per heavy atom. The van der Waals surface area contributed by atoms with Crippen LogP contribution in [0, 0.1) is 0 Å². The molecule has 0 radical (unpaired) electrons. The number of benzene rings is 1. The van der Waals surface area contributed by atoms with Crippen molar-refractivity contribution in [2.24, 2.45) is 0 Å². The third kappa shape index (κ3) is 3.78. The number of aromatic hydroxyl groups is 1. The fraction of sp³-hybridized carbons (Fsp3) is 0.167. The normalized spacial score (nSPS) is 9.96. The quantitative estimate of drug-likeness (QED) is 0.639. The number of Topliss-reactive ketones (excluding diaryl/α,β-unsaturated/α-hetero) is 1. The average Bonchev–Trinajstić information content (AvgIpc) is 3.01. The van der Waals surface area contributed by atoms with Crippen molar-refractivity contribution in [3.8, 4) is 5.75 Å². The number of ketones is 1. The molecule has 0 fully saturated rings.